The molecule has 0 bridgehead atoms. The van der Waals surface area contributed by atoms with Crippen LogP contribution in [0.15, 0.2) is 48.6 Å². The van der Waals surface area contributed by atoms with E-state index in [-0.39, 0.29) is 12.8 Å². The third-order valence-corrected chi connectivity index (χ3v) is 15.8. The quantitative estimate of drug-likeness (QED) is 0.0215. The van der Waals surface area contributed by atoms with Crippen molar-refractivity contribution in [3.05, 3.63) is 48.6 Å². The van der Waals surface area contributed by atoms with Gasteiger partial charge >= 0.3 is 0 Å². The van der Waals surface area contributed by atoms with Gasteiger partial charge in [-0.05, 0) is 83.5 Å². The highest BCUT2D eigenvalue weighted by molar-refractivity contribution is 5.80. The molecule has 78 heavy (non-hydrogen) atoms. The van der Waals surface area contributed by atoms with Crippen LogP contribution in [0.4, 0.5) is 0 Å². The van der Waals surface area contributed by atoms with Gasteiger partial charge in [0.05, 0.1) is 25.4 Å². The fourth-order valence-electron chi connectivity index (χ4n) is 10.5. The van der Waals surface area contributed by atoms with Crippen molar-refractivity contribution in [3.8, 4) is 0 Å². The molecule has 0 saturated carbocycles. The maximum Gasteiger partial charge on any atom is 0.249 e. The lowest BCUT2D eigenvalue weighted by atomic mass is 9.98. The number of allylic oxidation sites excluding steroid dienone is 8. The summed E-state index contributed by atoms with van der Waals surface area (Å²) in [5.74, 6) is -0.711. The summed E-state index contributed by atoms with van der Waals surface area (Å²) in [6.45, 7) is 3.34. The van der Waals surface area contributed by atoms with E-state index in [1.54, 1.807) is 0 Å². The van der Waals surface area contributed by atoms with Crippen molar-refractivity contribution in [1.82, 2.24) is 5.32 Å². The topological polar surface area (TPSA) is 189 Å². The molecule has 0 spiro atoms. The van der Waals surface area contributed by atoms with Crippen molar-refractivity contribution in [2.24, 2.45) is 0 Å². The second-order valence-electron chi connectivity index (χ2n) is 23.1. The fraction of sp³-hybridized carbons (Fsp3) is 0.866. The van der Waals surface area contributed by atoms with E-state index in [1.807, 2.05) is 0 Å². The highest BCUT2D eigenvalue weighted by Gasteiger charge is 2.44. The average Bonchev–Trinajstić information content (AvgIpc) is 3.45. The Labute approximate surface area is 479 Å². The van der Waals surface area contributed by atoms with Crippen molar-refractivity contribution in [3.63, 3.8) is 0 Å². The molecule has 1 aliphatic heterocycles. The van der Waals surface area contributed by atoms with Crippen LogP contribution in [0.5, 0.6) is 0 Å². The number of nitrogens with one attached hydrogen (secondary N) is 1. The molecule has 8 N–H and O–H groups in total. The molecule has 0 aromatic rings. The van der Waals surface area contributed by atoms with Crippen molar-refractivity contribution >= 4 is 5.91 Å². The Balaban J connectivity index is 2.11. The maximum atomic E-state index is 13.2. The standard InChI is InChI=1S/C67H125NO10/c1-3-5-7-9-11-13-15-17-18-19-20-21-22-23-24-25-26-27-28-29-30-31-32-33-34-35-36-37-38-39-40-41-43-45-47-49-51-53-55-60(71)66(76)68-58(57-77-67-65(75)64(74)63(73)61(56-69)78-67)62(72)59(70)54-52-50-48-46-44-42-16-14-12-10-8-6-4-2/h6,8,14,16,29-30,46,48,58-65,67,69-75H,3-5,7,9-13,15,17-28,31-45,47,49-57H2,1-2H3,(H,68,76)/b8-6+,16-14+,30-29-,48-46+. The Morgan fingerprint density at radius 1 is 0.449 bits per heavy atom. The monoisotopic (exact) mass is 1100 g/mol. The van der Waals surface area contributed by atoms with Crippen molar-refractivity contribution in [2.45, 2.75) is 358 Å². The predicted molar refractivity (Wildman–Crippen MR) is 325 cm³/mol. The number of rotatable bonds is 57. The molecule has 458 valence electrons. The Morgan fingerprint density at radius 3 is 1.21 bits per heavy atom. The van der Waals surface area contributed by atoms with Gasteiger partial charge < -0.3 is 50.5 Å². The fourth-order valence-corrected chi connectivity index (χ4v) is 10.5. The van der Waals surface area contributed by atoms with Crippen molar-refractivity contribution in [2.75, 3.05) is 13.2 Å². The number of aliphatic hydroxyl groups excluding tert-OH is 7. The van der Waals surface area contributed by atoms with Crippen molar-refractivity contribution in [1.29, 1.82) is 0 Å². The first-order valence-corrected chi connectivity index (χ1v) is 33.0. The third-order valence-electron chi connectivity index (χ3n) is 15.8. The normalized spacial score (nSPS) is 19.7. The molecule has 1 rings (SSSR count). The molecular formula is C67H125NO10. The SMILES string of the molecule is CC/C=C/CC/C=C/CC/C=C/CCCC(O)C(O)C(COC1OC(CO)C(O)C(O)C1O)NC(=O)C(O)CCCCCCCCCCCCCCCCCC/C=C\CCCCCCCCCCCCCCCCCCCC. The predicted octanol–water partition coefficient (Wildman–Crippen LogP) is 15.2. The molecule has 1 amide bonds. The number of hydrogen-bond acceptors (Lipinski definition) is 10. The zero-order valence-electron chi connectivity index (χ0n) is 50.4. The van der Waals surface area contributed by atoms with Crippen LogP contribution < -0.4 is 5.32 Å². The van der Waals surface area contributed by atoms with Crippen LogP contribution in [0.2, 0.25) is 0 Å². The second-order valence-corrected chi connectivity index (χ2v) is 23.1. The van der Waals surface area contributed by atoms with E-state index in [1.165, 1.54) is 205 Å². The van der Waals surface area contributed by atoms with Gasteiger partial charge in [-0.2, -0.15) is 0 Å². The van der Waals surface area contributed by atoms with E-state index in [2.05, 4.69) is 67.8 Å². The minimum Gasteiger partial charge on any atom is -0.394 e. The number of carbonyl (C=O) groups is 1. The molecule has 9 atom stereocenters. The van der Waals surface area contributed by atoms with E-state index < -0.39 is 74.2 Å². The van der Waals surface area contributed by atoms with Gasteiger partial charge in [-0.1, -0.05) is 268 Å². The molecule has 0 aromatic carbocycles. The Bertz CT molecular complexity index is 1410. The lowest BCUT2D eigenvalue weighted by Gasteiger charge is -2.40. The number of amides is 1. The number of hydrogen-bond donors (Lipinski definition) is 8. The van der Waals surface area contributed by atoms with Gasteiger partial charge in [0.15, 0.2) is 6.29 Å². The molecule has 11 nitrogen and oxygen atoms in total. The molecule has 0 aliphatic carbocycles. The summed E-state index contributed by atoms with van der Waals surface area (Å²) in [4.78, 5) is 13.2. The minimum absolute atomic E-state index is 0.240. The molecule has 1 aliphatic rings. The van der Waals surface area contributed by atoms with Crippen LogP contribution in [0.25, 0.3) is 0 Å². The first-order valence-electron chi connectivity index (χ1n) is 33.0. The molecule has 1 saturated heterocycles. The lowest BCUT2D eigenvalue weighted by Crippen LogP contribution is -2.60. The second kappa shape index (κ2) is 55.6. The van der Waals surface area contributed by atoms with Gasteiger partial charge in [-0.25, -0.2) is 0 Å². The van der Waals surface area contributed by atoms with Crippen LogP contribution >= 0.6 is 0 Å². The van der Waals surface area contributed by atoms with Crippen molar-refractivity contribution < 1.29 is 50.0 Å². The summed E-state index contributed by atoms with van der Waals surface area (Å²) in [6, 6.07) is -1.19. The van der Waals surface area contributed by atoms with Gasteiger partial charge in [0, 0.05) is 0 Å². The molecule has 1 heterocycles. The summed E-state index contributed by atoms with van der Waals surface area (Å²) in [6.07, 6.45) is 60.9. The summed E-state index contributed by atoms with van der Waals surface area (Å²) < 4.78 is 11.1. The molecule has 9 unspecified atom stereocenters. The first kappa shape index (κ1) is 74.1. The van der Waals surface area contributed by atoms with Gasteiger partial charge in [0.1, 0.15) is 36.6 Å². The van der Waals surface area contributed by atoms with Crippen LogP contribution in [0, 0.1) is 0 Å². The Kier molecular flexibility index (Phi) is 52.8. The molecule has 0 aromatic heterocycles. The average molecular weight is 1100 g/mol. The highest BCUT2D eigenvalue weighted by Crippen LogP contribution is 2.24. The number of ether oxygens (including phenoxy) is 2. The van der Waals surface area contributed by atoms with Crippen LogP contribution in [-0.2, 0) is 14.3 Å². The van der Waals surface area contributed by atoms with Crippen LogP contribution in [0.1, 0.15) is 303 Å². The third kappa shape index (κ3) is 42.8. The smallest absolute Gasteiger partial charge is 0.249 e. The van der Waals surface area contributed by atoms with E-state index in [0.717, 1.165) is 51.4 Å². The van der Waals surface area contributed by atoms with Gasteiger partial charge in [0.25, 0.3) is 0 Å². The first-order chi connectivity index (χ1) is 38.2. The highest BCUT2D eigenvalue weighted by atomic mass is 16.7. The zero-order valence-corrected chi connectivity index (χ0v) is 50.4. The van der Waals surface area contributed by atoms with Gasteiger partial charge in [-0.15, -0.1) is 0 Å². The van der Waals surface area contributed by atoms with E-state index in [9.17, 15) is 40.5 Å². The summed E-state index contributed by atoms with van der Waals surface area (Å²) >= 11 is 0. The number of carbonyl (C=O) groups excluding carboxylic acids is 1. The summed E-state index contributed by atoms with van der Waals surface area (Å²) in [5, 5.41) is 76.0. The number of aliphatic hydroxyl groups is 7. The summed E-state index contributed by atoms with van der Waals surface area (Å²) in [7, 11) is 0. The van der Waals surface area contributed by atoms with Crippen LogP contribution in [-0.4, -0.2) is 110 Å². The van der Waals surface area contributed by atoms with Gasteiger partial charge in [0.2, 0.25) is 5.91 Å². The molecule has 1 fully saturated rings. The maximum absolute atomic E-state index is 13.2. The lowest BCUT2D eigenvalue weighted by molar-refractivity contribution is -0.303. The van der Waals surface area contributed by atoms with E-state index in [0.29, 0.717) is 19.3 Å². The zero-order chi connectivity index (χ0) is 56.8. The Hall–Kier alpha value is -1.93. The molecule has 0 radical (unpaired) electrons. The number of unbranched alkanes of at least 4 members (excludes halogenated alkanes) is 37. The van der Waals surface area contributed by atoms with E-state index in [4.69, 9.17) is 9.47 Å². The van der Waals surface area contributed by atoms with E-state index >= 15 is 0 Å². The van der Waals surface area contributed by atoms with Crippen LogP contribution in [0.3, 0.4) is 0 Å². The van der Waals surface area contributed by atoms with Gasteiger partial charge in [-0.3, -0.25) is 4.79 Å². The molecular weight excluding hydrogens is 979 g/mol. The largest absolute Gasteiger partial charge is 0.394 e. The Morgan fingerprint density at radius 2 is 0.808 bits per heavy atom. The summed E-state index contributed by atoms with van der Waals surface area (Å²) in [5.41, 5.74) is 0. The minimum atomic E-state index is -1.67. The molecule has 11 heteroatoms.